The Morgan fingerprint density at radius 2 is 1.93 bits per heavy atom. The highest BCUT2D eigenvalue weighted by molar-refractivity contribution is 7.21. The highest BCUT2D eigenvalue weighted by Gasteiger charge is 2.26. The van der Waals surface area contributed by atoms with Crippen molar-refractivity contribution in [2.45, 2.75) is 19.9 Å². The van der Waals surface area contributed by atoms with Crippen LogP contribution in [-0.4, -0.2) is 43.2 Å². The first-order valence-electron chi connectivity index (χ1n) is 9.31. The van der Waals surface area contributed by atoms with Crippen molar-refractivity contribution in [1.82, 2.24) is 4.98 Å². The fourth-order valence-electron chi connectivity index (χ4n) is 3.35. The first-order valence-corrected chi connectivity index (χ1v) is 10.1. The molecular weight excluding hydrogens is 358 g/mol. The van der Waals surface area contributed by atoms with Crippen LogP contribution in [0, 0.1) is 6.92 Å². The van der Waals surface area contributed by atoms with Gasteiger partial charge in [-0.3, -0.25) is 4.79 Å². The zero-order chi connectivity index (χ0) is 18.8. The zero-order valence-corrected chi connectivity index (χ0v) is 16.4. The average molecular weight is 383 g/mol. The third-order valence-electron chi connectivity index (χ3n) is 5.08. The van der Waals surface area contributed by atoms with E-state index in [4.69, 9.17) is 9.72 Å². The van der Waals surface area contributed by atoms with Gasteiger partial charge in [0.2, 0.25) is 0 Å². The number of aromatic nitrogens is 1. The number of fused-ring (bicyclic) bond motifs is 1. The molecule has 6 heteroatoms. The minimum atomic E-state index is -0.0823. The number of aryl methyl sites for hydroxylation is 1. The first-order chi connectivity index (χ1) is 13.1. The number of anilines is 1. The molecule has 1 amide bonds. The fraction of sp³-hybridized carbons (Fsp3) is 0.333. The van der Waals surface area contributed by atoms with Crippen LogP contribution >= 0.6 is 11.3 Å². The lowest BCUT2D eigenvalue weighted by molar-refractivity contribution is -0.921. The lowest BCUT2D eigenvalue weighted by Gasteiger charge is -2.28. The maximum atomic E-state index is 12.5. The lowest BCUT2D eigenvalue weighted by atomic mass is 10.2. The van der Waals surface area contributed by atoms with E-state index in [-0.39, 0.29) is 11.9 Å². The SMILES string of the molecule is Cc1ccc2nc(-c3ccc(NC(=O)[C@@H](C)[NH+]4CCOCC4)cc3)sc2c1. The van der Waals surface area contributed by atoms with Gasteiger partial charge in [-0.15, -0.1) is 11.3 Å². The van der Waals surface area contributed by atoms with Crippen LogP contribution in [0.4, 0.5) is 5.69 Å². The van der Waals surface area contributed by atoms with Gasteiger partial charge in [-0.2, -0.15) is 0 Å². The number of amides is 1. The van der Waals surface area contributed by atoms with E-state index < -0.39 is 0 Å². The highest BCUT2D eigenvalue weighted by atomic mass is 32.1. The standard InChI is InChI=1S/C21H23N3O2S/c1-14-3-8-18-19(13-14)27-21(23-18)16-4-6-17(7-5-16)22-20(25)15(2)24-9-11-26-12-10-24/h3-8,13,15H,9-12H2,1-2H3,(H,22,25)/p+1/t15-/m1/s1. The summed E-state index contributed by atoms with van der Waals surface area (Å²) in [6.07, 6.45) is 0. The molecule has 1 aliphatic heterocycles. The summed E-state index contributed by atoms with van der Waals surface area (Å²) in [6.45, 7) is 7.28. The van der Waals surface area contributed by atoms with Crippen LogP contribution in [0.25, 0.3) is 20.8 Å². The van der Waals surface area contributed by atoms with Crippen molar-refractivity contribution in [2.24, 2.45) is 0 Å². The molecule has 0 spiro atoms. The molecule has 2 aromatic carbocycles. The Hall–Kier alpha value is -2.28. The number of morpholine rings is 1. The molecule has 27 heavy (non-hydrogen) atoms. The maximum Gasteiger partial charge on any atom is 0.282 e. The summed E-state index contributed by atoms with van der Waals surface area (Å²) < 4.78 is 6.57. The normalized spacial score (nSPS) is 16.4. The van der Waals surface area contributed by atoms with Crippen LogP contribution in [0.3, 0.4) is 0 Å². The molecule has 5 nitrogen and oxygen atoms in total. The molecular formula is C21H24N3O2S+. The van der Waals surface area contributed by atoms with Crippen LogP contribution in [0.2, 0.25) is 0 Å². The second kappa shape index (κ2) is 7.76. The van der Waals surface area contributed by atoms with Gasteiger partial charge in [0.1, 0.15) is 18.1 Å². The lowest BCUT2D eigenvalue weighted by Crippen LogP contribution is -3.18. The third kappa shape index (κ3) is 4.03. The number of hydrogen-bond acceptors (Lipinski definition) is 4. The second-order valence-electron chi connectivity index (χ2n) is 7.05. The number of nitrogens with zero attached hydrogens (tertiary/aromatic N) is 1. The van der Waals surface area contributed by atoms with Gasteiger partial charge in [0.05, 0.1) is 23.4 Å². The van der Waals surface area contributed by atoms with E-state index in [0.29, 0.717) is 0 Å². The predicted molar refractivity (Wildman–Crippen MR) is 109 cm³/mol. The molecule has 1 aliphatic rings. The largest absolute Gasteiger partial charge is 0.370 e. The van der Waals surface area contributed by atoms with Crippen molar-refractivity contribution in [3.63, 3.8) is 0 Å². The first kappa shape index (κ1) is 18.1. The number of hydrogen-bond donors (Lipinski definition) is 2. The van der Waals surface area contributed by atoms with E-state index in [0.717, 1.165) is 48.1 Å². The number of benzene rings is 2. The molecule has 1 atom stereocenters. The Balaban J connectivity index is 1.45. The fourth-order valence-corrected chi connectivity index (χ4v) is 4.42. The number of thiazole rings is 1. The smallest absolute Gasteiger partial charge is 0.282 e. The maximum absolute atomic E-state index is 12.5. The zero-order valence-electron chi connectivity index (χ0n) is 15.6. The van der Waals surface area contributed by atoms with E-state index in [1.54, 1.807) is 11.3 Å². The summed E-state index contributed by atoms with van der Waals surface area (Å²) in [6, 6.07) is 14.2. The minimum absolute atomic E-state index is 0.0510. The molecule has 3 aromatic rings. The minimum Gasteiger partial charge on any atom is -0.370 e. The van der Waals surface area contributed by atoms with E-state index in [2.05, 4.69) is 30.4 Å². The van der Waals surface area contributed by atoms with Crippen LogP contribution in [0.15, 0.2) is 42.5 Å². The molecule has 0 aliphatic carbocycles. The number of carbonyl (C=O) groups excluding carboxylic acids is 1. The van der Waals surface area contributed by atoms with Crippen molar-refractivity contribution < 1.29 is 14.4 Å². The molecule has 140 valence electrons. The molecule has 2 N–H and O–H groups in total. The van der Waals surface area contributed by atoms with Gasteiger partial charge in [-0.05, 0) is 55.8 Å². The van der Waals surface area contributed by atoms with Crippen molar-refractivity contribution in [3.05, 3.63) is 48.0 Å². The third-order valence-corrected chi connectivity index (χ3v) is 6.15. The number of quaternary nitrogens is 1. The van der Waals surface area contributed by atoms with Crippen molar-refractivity contribution in [1.29, 1.82) is 0 Å². The Labute approximate surface area is 163 Å². The van der Waals surface area contributed by atoms with Gasteiger partial charge in [0.25, 0.3) is 5.91 Å². The number of carbonyl (C=O) groups is 1. The number of ether oxygens (including phenoxy) is 1. The van der Waals surface area contributed by atoms with Crippen LogP contribution in [-0.2, 0) is 9.53 Å². The molecule has 4 rings (SSSR count). The summed E-state index contributed by atoms with van der Waals surface area (Å²) >= 11 is 1.69. The summed E-state index contributed by atoms with van der Waals surface area (Å²) in [7, 11) is 0. The van der Waals surface area contributed by atoms with Gasteiger partial charge in [0, 0.05) is 11.3 Å². The number of rotatable bonds is 4. The molecule has 2 heterocycles. The highest BCUT2D eigenvalue weighted by Crippen LogP contribution is 2.31. The van der Waals surface area contributed by atoms with Gasteiger partial charge in [0.15, 0.2) is 6.04 Å². The molecule has 0 bridgehead atoms. The molecule has 1 aromatic heterocycles. The van der Waals surface area contributed by atoms with E-state index >= 15 is 0 Å². The molecule has 0 saturated carbocycles. The van der Waals surface area contributed by atoms with Gasteiger partial charge >= 0.3 is 0 Å². The molecule has 1 fully saturated rings. The van der Waals surface area contributed by atoms with Crippen molar-refractivity contribution in [3.8, 4) is 10.6 Å². The summed E-state index contributed by atoms with van der Waals surface area (Å²) in [5.74, 6) is 0.0510. The molecule has 0 unspecified atom stereocenters. The number of nitrogens with one attached hydrogen (secondary N) is 2. The molecule has 1 saturated heterocycles. The van der Waals surface area contributed by atoms with Crippen LogP contribution < -0.4 is 10.2 Å². The summed E-state index contributed by atoms with van der Waals surface area (Å²) in [5.41, 5.74) is 4.16. The monoisotopic (exact) mass is 382 g/mol. The van der Waals surface area contributed by atoms with Crippen LogP contribution in [0.5, 0.6) is 0 Å². The Bertz CT molecular complexity index is 946. The quantitative estimate of drug-likeness (QED) is 0.729. The topological polar surface area (TPSA) is 55.7 Å². The average Bonchev–Trinajstić information content (AvgIpc) is 3.11. The van der Waals surface area contributed by atoms with E-state index in [1.807, 2.05) is 31.2 Å². The van der Waals surface area contributed by atoms with Crippen LogP contribution in [0.1, 0.15) is 12.5 Å². The van der Waals surface area contributed by atoms with E-state index in [1.165, 1.54) is 15.2 Å². The Morgan fingerprint density at radius 1 is 1.19 bits per heavy atom. The second-order valence-corrected chi connectivity index (χ2v) is 8.08. The summed E-state index contributed by atoms with van der Waals surface area (Å²) in [4.78, 5) is 18.5. The van der Waals surface area contributed by atoms with E-state index in [9.17, 15) is 4.79 Å². The van der Waals surface area contributed by atoms with Gasteiger partial charge < -0.3 is 15.0 Å². The molecule has 0 radical (unpaired) electrons. The Morgan fingerprint density at radius 3 is 2.67 bits per heavy atom. The van der Waals surface area contributed by atoms with Gasteiger partial charge in [-0.1, -0.05) is 6.07 Å². The van der Waals surface area contributed by atoms with Crippen molar-refractivity contribution >= 4 is 33.1 Å². The van der Waals surface area contributed by atoms with Crippen molar-refractivity contribution in [2.75, 3.05) is 31.6 Å². The summed E-state index contributed by atoms with van der Waals surface area (Å²) in [5, 5.41) is 4.03. The Kier molecular flexibility index (Phi) is 5.20. The van der Waals surface area contributed by atoms with Gasteiger partial charge in [-0.25, -0.2) is 4.98 Å². The predicted octanol–water partition coefficient (Wildman–Crippen LogP) is 2.51.